The number of anilines is 1. The maximum Gasteiger partial charge on any atom is 0.335 e. The van der Waals surface area contributed by atoms with E-state index in [1.807, 2.05) is 36.6 Å². The second-order valence-electron chi connectivity index (χ2n) is 9.35. The Morgan fingerprint density at radius 1 is 1.00 bits per heavy atom. The highest BCUT2D eigenvalue weighted by molar-refractivity contribution is 7.80. The summed E-state index contributed by atoms with van der Waals surface area (Å²) < 4.78 is 21.6. The van der Waals surface area contributed by atoms with Gasteiger partial charge >= 0.3 is 5.97 Å². The van der Waals surface area contributed by atoms with Gasteiger partial charge in [0.15, 0.2) is 5.11 Å². The van der Waals surface area contributed by atoms with E-state index in [1.54, 1.807) is 30.3 Å². The van der Waals surface area contributed by atoms with Gasteiger partial charge in [0.25, 0.3) is 11.8 Å². The molecular weight excluding hydrogens is 545 g/mol. The van der Waals surface area contributed by atoms with Gasteiger partial charge in [-0.1, -0.05) is 18.2 Å². The smallest absolute Gasteiger partial charge is 0.335 e. The zero-order valence-corrected chi connectivity index (χ0v) is 22.9. The Kier molecular flexibility index (Phi) is 7.50. The van der Waals surface area contributed by atoms with Gasteiger partial charge in [-0.05, 0) is 98.4 Å². The van der Waals surface area contributed by atoms with E-state index in [0.717, 1.165) is 22.0 Å². The summed E-state index contributed by atoms with van der Waals surface area (Å²) >= 11 is 5.24. The molecule has 0 spiro atoms. The van der Waals surface area contributed by atoms with Crippen molar-refractivity contribution >= 4 is 46.9 Å². The number of aromatic nitrogens is 1. The van der Waals surface area contributed by atoms with Gasteiger partial charge in [0, 0.05) is 22.6 Å². The molecule has 0 radical (unpaired) electrons. The number of halogens is 1. The normalized spacial score (nSPS) is 14.4. The first-order valence-electron chi connectivity index (χ1n) is 12.5. The summed E-state index contributed by atoms with van der Waals surface area (Å²) in [5.74, 6) is -2.09. The first-order valence-corrected chi connectivity index (χ1v) is 13.0. The molecule has 0 atom stereocenters. The van der Waals surface area contributed by atoms with Crippen LogP contribution in [-0.4, -0.2) is 32.6 Å². The molecule has 0 bridgehead atoms. The molecule has 5 rings (SSSR count). The maximum absolute atomic E-state index is 13.9. The fourth-order valence-corrected chi connectivity index (χ4v) is 4.88. The molecule has 41 heavy (non-hydrogen) atoms. The molecule has 8 nitrogen and oxygen atoms in total. The SMILES string of the molecule is Cc1cc(/C=C2\C(=O)NC(=S)N(c3ccc(C(=O)O)cc3)C2=O)c(C)n1-c1ccc(OCc2ccccc2F)cc1. The van der Waals surface area contributed by atoms with Crippen LogP contribution in [0.25, 0.3) is 11.8 Å². The van der Waals surface area contributed by atoms with E-state index in [4.69, 9.17) is 22.1 Å². The number of aromatic carboxylic acids is 1. The number of benzene rings is 3. The van der Waals surface area contributed by atoms with Crippen LogP contribution in [0.15, 0.2) is 84.4 Å². The predicted molar refractivity (Wildman–Crippen MR) is 156 cm³/mol. The molecular formula is C31H24FN3O5S. The van der Waals surface area contributed by atoms with Gasteiger partial charge in [-0.3, -0.25) is 19.8 Å². The summed E-state index contributed by atoms with van der Waals surface area (Å²) in [6.07, 6.45) is 1.52. The Labute approximate surface area is 240 Å². The van der Waals surface area contributed by atoms with Gasteiger partial charge in [0.2, 0.25) is 0 Å². The van der Waals surface area contributed by atoms with E-state index < -0.39 is 17.8 Å². The third kappa shape index (κ3) is 5.50. The molecule has 0 aliphatic carbocycles. The van der Waals surface area contributed by atoms with Crippen molar-refractivity contribution in [1.82, 2.24) is 9.88 Å². The average molecular weight is 570 g/mol. The first-order chi connectivity index (χ1) is 19.6. The van der Waals surface area contributed by atoms with Gasteiger partial charge in [-0.2, -0.15) is 0 Å². The molecule has 4 aromatic rings. The zero-order chi connectivity index (χ0) is 29.3. The number of nitrogens with one attached hydrogen (secondary N) is 1. The second-order valence-corrected chi connectivity index (χ2v) is 9.73. The molecule has 1 aromatic heterocycles. The van der Waals surface area contributed by atoms with E-state index in [0.29, 0.717) is 22.6 Å². The lowest BCUT2D eigenvalue weighted by Gasteiger charge is -2.29. The first kappa shape index (κ1) is 27.5. The molecule has 2 heterocycles. The third-order valence-corrected chi connectivity index (χ3v) is 6.98. The number of nitrogens with zero attached hydrogens (tertiary/aromatic N) is 2. The second kappa shape index (κ2) is 11.2. The highest BCUT2D eigenvalue weighted by Gasteiger charge is 2.34. The number of aryl methyl sites for hydroxylation is 1. The Morgan fingerprint density at radius 2 is 1.66 bits per heavy atom. The van der Waals surface area contributed by atoms with E-state index in [9.17, 15) is 18.8 Å². The Hall–Kier alpha value is -5.09. The van der Waals surface area contributed by atoms with E-state index >= 15 is 0 Å². The topological polar surface area (TPSA) is 101 Å². The quantitative estimate of drug-likeness (QED) is 0.177. The summed E-state index contributed by atoms with van der Waals surface area (Å²) in [5.41, 5.74) is 3.90. The van der Waals surface area contributed by atoms with Crippen molar-refractivity contribution in [3.05, 3.63) is 118 Å². The average Bonchev–Trinajstić information content (AvgIpc) is 3.23. The fraction of sp³-hybridized carbons (Fsp3) is 0.0968. The summed E-state index contributed by atoms with van der Waals surface area (Å²) in [4.78, 5) is 38.6. The third-order valence-electron chi connectivity index (χ3n) is 6.69. The summed E-state index contributed by atoms with van der Waals surface area (Å²) in [6, 6.07) is 21.3. The Bertz CT molecular complexity index is 1730. The van der Waals surface area contributed by atoms with Crippen LogP contribution in [0, 0.1) is 19.7 Å². The molecule has 0 unspecified atom stereocenters. The van der Waals surface area contributed by atoms with Gasteiger partial charge in [0.1, 0.15) is 23.7 Å². The van der Waals surface area contributed by atoms with E-state index in [2.05, 4.69) is 5.32 Å². The lowest BCUT2D eigenvalue weighted by Crippen LogP contribution is -2.54. The molecule has 0 saturated carbocycles. The number of hydrogen-bond acceptors (Lipinski definition) is 5. The molecule has 2 amide bonds. The summed E-state index contributed by atoms with van der Waals surface area (Å²) in [6.45, 7) is 3.89. The minimum absolute atomic E-state index is 0.0565. The highest BCUT2D eigenvalue weighted by Crippen LogP contribution is 2.27. The van der Waals surface area contributed by atoms with Crippen LogP contribution >= 0.6 is 12.2 Å². The summed E-state index contributed by atoms with van der Waals surface area (Å²) in [5, 5.41) is 11.6. The van der Waals surface area contributed by atoms with Gasteiger partial charge in [-0.15, -0.1) is 0 Å². The van der Waals surface area contributed by atoms with E-state index in [1.165, 1.54) is 36.4 Å². The van der Waals surface area contributed by atoms with Crippen molar-refractivity contribution in [3.8, 4) is 11.4 Å². The molecule has 1 aliphatic heterocycles. The number of carbonyl (C=O) groups excluding carboxylic acids is 2. The van der Waals surface area contributed by atoms with Crippen LogP contribution < -0.4 is 15.0 Å². The summed E-state index contributed by atoms with van der Waals surface area (Å²) in [7, 11) is 0. The van der Waals surface area contributed by atoms with Gasteiger partial charge in [-0.25, -0.2) is 9.18 Å². The molecule has 3 aromatic carbocycles. The van der Waals surface area contributed by atoms with Crippen molar-refractivity contribution in [2.75, 3.05) is 4.90 Å². The Morgan fingerprint density at radius 3 is 2.32 bits per heavy atom. The molecule has 10 heteroatoms. The number of rotatable bonds is 7. The van der Waals surface area contributed by atoms with Gasteiger partial charge in [0.05, 0.1) is 11.3 Å². The van der Waals surface area contributed by atoms with Crippen molar-refractivity contribution < 1.29 is 28.6 Å². The van der Waals surface area contributed by atoms with Crippen LogP contribution in [0.3, 0.4) is 0 Å². The van der Waals surface area contributed by atoms with E-state index in [-0.39, 0.29) is 28.7 Å². The lowest BCUT2D eigenvalue weighted by atomic mass is 10.1. The molecule has 206 valence electrons. The molecule has 1 saturated heterocycles. The molecule has 1 aliphatic rings. The number of amides is 2. The zero-order valence-electron chi connectivity index (χ0n) is 22.1. The number of carboxylic acids is 1. The standard InChI is InChI=1S/C31H24FN3O5S/c1-18-15-22(16-26-28(36)33-31(41)35(29(26)37)24-9-7-20(8-10-24)30(38)39)19(2)34(18)23-11-13-25(14-12-23)40-17-21-5-3-4-6-27(21)32/h3-16H,17H2,1-2H3,(H,38,39)(H,33,36,41)/b26-16+. The monoisotopic (exact) mass is 569 g/mol. The fourth-order valence-electron chi connectivity index (χ4n) is 4.60. The minimum atomic E-state index is -1.10. The maximum atomic E-state index is 13.9. The number of hydrogen-bond donors (Lipinski definition) is 2. The van der Waals surface area contributed by atoms with Crippen molar-refractivity contribution in [3.63, 3.8) is 0 Å². The highest BCUT2D eigenvalue weighted by atomic mass is 32.1. The van der Waals surface area contributed by atoms with Crippen LogP contribution in [0.1, 0.15) is 32.9 Å². The lowest BCUT2D eigenvalue weighted by molar-refractivity contribution is -0.122. The Balaban J connectivity index is 1.39. The van der Waals surface area contributed by atoms with Crippen molar-refractivity contribution in [2.45, 2.75) is 20.5 Å². The number of ether oxygens (including phenoxy) is 1. The number of carboxylic acid groups (broad SMARTS) is 1. The van der Waals surface area contributed by atoms with Gasteiger partial charge < -0.3 is 14.4 Å². The van der Waals surface area contributed by atoms with Crippen molar-refractivity contribution in [1.29, 1.82) is 0 Å². The van der Waals surface area contributed by atoms with Crippen LogP contribution in [0.5, 0.6) is 5.75 Å². The molecule has 2 N–H and O–H groups in total. The number of carbonyl (C=O) groups is 3. The molecule has 1 fully saturated rings. The number of thiocarbonyl (C=S) groups is 1. The largest absolute Gasteiger partial charge is 0.489 e. The van der Waals surface area contributed by atoms with Crippen LogP contribution in [-0.2, 0) is 16.2 Å². The minimum Gasteiger partial charge on any atom is -0.489 e. The van der Waals surface area contributed by atoms with Crippen LogP contribution in [0.4, 0.5) is 10.1 Å². The predicted octanol–water partition coefficient (Wildman–Crippen LogP) is 5.34. The van der Waals surface area contributed by atoms with Crippen LogP contribution in [0.2, 0.25) is 0 Å². The van der Waals surface area contributed by atoms with Crippen molar-refractivity contribution in [2.24, 2.45) is 0 Å².